The second kappa shape index (κ2) is 33.6. The van der Waals surface area contributed by atoms with Crippen molar-refractivity contribution in [3.8, 4) is 0 Å². The van der Waals surface area contributed by atoms with Crippen molar-refractivity contribution in [2.75, 3.05) is 19.8 Å². The Morgan fingerprint density at radius 2 is 0.980 bits per heavy atom. The molecule has 5 atom stereocenters. The Labute approximate surface area is 305 Å². The molecular weight excluding hydrogens is 636 g/mol. The van der Waals surface area contributed by atoms with Crippen LogP contribution in [-0.4, -0.2) is 77.8 Å². The Morgan fingerprint density at radius 1 is 0.580 bits per heavy atom. The third-order valence-corrected chi connectivity index (χ3v) is 9.86. The van der Waals surface area contributed by atoms with Gasteiger partial charge in [0.2, 0.25) is 0 Å². The molecule has 1 aliphatic rings. The molecule has 1 saturated heterocycles. The van der Waals surface area contributed by atoms with E-state index in [2.05, 4.69) is 13.8 Å². The third-order valence-electron chi connectivity index (χ3n) is 9.86. The van der Waals surface area contributed by atoms with Gasteiger partial charge in [0.05, 0.1) is 19.3 Å². The first-order valence-electron chi connectivity index (χ1n) is 21.0. The minimum atomic E-state index is -1.10. The monoisotopic (exact) mass is 715 g/mol. The molecule has 0 saturated carbocycles. The molecule has 0 aromatic rings. The Kier molecular flexibility index (Phi) is 31.4. The number of carbonyl (C=O) groups excluding carboxylic acids is 2. The van der Waals surface area contributed by atoms with Crippen LogP contribution in [0, 0.1) is 0 Å². The highest BCUT2D eigenvalue weighted by Gasteiger charge is 2.37. The van der Waals surface area contributed by atoms with Gasteiger partial charge in [-0.15, -0.1) is 0 Å². The Bertz CT molecular complexity index is 779. The molecule has 296 valence electrons. The van der Waals surface area contributed by atoms with E-state index in [1.807, 2.05) is 0 Å². The van der Waals surface area contributed by atoms with Crippen molar-refractivity contribution in [1.29, 1.82) is 0 Å². The van der Waals surface area contributed by atoms with Gasteiger partial charge in [-0.05, 0) is 12.8 Å². The van der Waals surface area contributed by atoms with Crippen LogP contribution in [0.3, 0.4) is 0 Å². The summed E-state index contributed by atoms with van der Waals surface area (Å²) in [6.07, 6.45) is 27.6. The van der Waals surface area contributed by atoms with Crippen LogP contribution in [0.1, 0.15) is 200 Å². The van der Waals surface area contributed by atoms with Crippen molar-refractivity contribution in [1.82, 2.24) is 0 Å². The van der Waals surface area contributed by atoms with Crippen LogP contribution in [0.25, 0.3) is 0 Å². The summed E-state index contributed by atoms with van der Waals surface area (Å²) in [5.41, 5.74) is 0. The molecule has 1 aliphatic heterocycles. The largest absolute Gasteiger partial charge is 0.462 e. The van der Waals surface area contributed by atoms with E-state index < -0.39 is 37.3 Å². The first kappa shape index (κ1) is 46.8. The summed E-state index contributed by atoms with van der Waals surface area (Å²) in [6.45, 7) is 3.79. The number of hydrogen-bond donors (Lipinski definition) is 3. The molecule has 1 fully saturated rings. The van der Waals surface area contributed by atoms with Gasteiger partial charge in [0.1, 0.15) is 18.8 Å². The van der Waals surface area contributed by atoms with Gasteiger partial charge in [-0.3, -0.25) is 9.59 Å². The number of ether oxygens (including phenoxy) is 4. The number of hydrogen-bond acceptors (Lipinski definition) is 9. The van der Waals surface area contributed by atoms with Crippen LogP contribution in [0.2, 0.25) is 0 Å². The van der Waals surface area contributed by atoms with Crippen molar-refractivity contribution in [3.05, 3.63) is 0 Å². The van der Waals surface area contributed by atoms with Crippen LogP contribution in [0.5, 0.6) is 0 Å². The lowest BCUT2D eigenvalue weighted by Crippen LogP contribution is -2.50. The van der Waals surface area contributed by atoms with Gasteiger partial charge in [-0.1, -0.05) is 168 Å². The molecule has 0 aliphatic carbocycles. The van der Waals surface area contributed by atoms with Crippen molar-refractivity contribution in [2.24, 2.45) is 0 Å². The topological polar surface area (TPSA) is 132 Å². The van der Waals surface area contributed by atoms with Crippen molar-refractivity contribution in [2.45, 2.75) is 231 Å². The molecule has 0 aromatic heterocycles. The lowest BCUT2D eigenvalue weighted by atomic mass is 10.0. The van der Waals surface area contributed by atoms with E-state index in [1.54, 1.807) is 0 Å². The summed E-state index contributed by atoms with van der Waals surface area (Å²) in [7, 11) is 0. The van der Waals surface area contributed by atoms with Gasteiger partial charge in [0.15, 0.2) is 12.4 Å². The van der Waals surface area contributed by atoms with Gasteiger partial charge in [0, 0.05) is 19.3 Å². The highest BCUT2D eigenvalue weighted by molar-refractivity contribution is 5.70. The molecule has 0 radical (unpaired) electrons. The van der Waals surface area contributed by atoms with E-state index in [-0.39, 0.29) is 38.0 Å². The predicted molar refractivity (Wildman–Crippen MR) is 200 cm³/mol. The quantitative estimate of drug-likeness (QED) is 0.0434. The minimum Gasteiger partial charge on any atom is -0.462 e. The lowest BCUT2D eigenvalue weighted by Gasteiger charge is -2.36. The molecule has 3 N–H and O–H groups in total. The zero-order chi connectivity index (χ0) is 36.5. The highest BCUT2D eigenvalue weighted by Crippen LogP contribution is 2.22. The van der Waals surface area contributed by atoms with E-state index in [9.17, 15) is 24.9 Å². The van der Waals surface area contributed by atoms with Crippen molar-refractivity contribution < 1.29 is 43.9 Å². The molecule has 1 rings (SSSR count). The molecule has 0 amide bonds. The van der Waals surface area contributed by atoms with Gasteiger partial charge >= 0.3 is 11.9 Å². The fraction of sp³-hybridized carbons (Fsp3) is 0.951. The molecule has 9 nitrogen and oxygen atoms in total. The number of rotatable bonds is 35. The Hall–Kier alpha value is -1.26. The number of esters is 2. The van der Waals surface area contributed by atoms with Gasteiger partial charge in [-0.2, -0.15) is 0 Å². The molecular formula is C41H78O9. The zero-order valence-corrected chi connectivity index (χ0v) is 32.3. The van der Waals surface area contributed by atoms with Crippen LogP contribution in [0.15, 0.2) is 0 Å². The van der Waals surface area contributed by atoms with Gasteiger partial charge in [-0.25, -0.2) is 0 Å². The SMILES string of the molecule is CCCCCCCCCCCCCCCCCC(=O)O[C@H](COC(=O)CCCCCCCCCCCCC)CO[C@@H]1O[C@H](CO)[C@H](O)C[C@H]1O. The third kappa shape index (κ3) is 26.5. The first-order valence-corrected chi connectivity index (χ1v) is 21.0. The molecule has 50 heavy (non-hydrogen) atoms. The maximum atomic E-state index is 12.7. The molecule has 1 heterocycles. The maximum absolute atomic E-state index is 12.7. The van der Waals surface area contributed by atoms with E-state index in [0.717, 1.165) is 38.5 Å². The lowest BCUT2D eigenvalue weighted by molar-refractivity contribution is -0.276. The standard InChI is InChI=1S/C41H78O9/c1-3-5-7-9-11-13-15-16-17-18-20-22-24-26-28-30-40(46)49-35(34-48-41-37(44)31-36(43)38(32-42)50-41)33-47-39(45)29-27-25-23-21-19-14-12-10-8-6-4-2/h35-38,41-44H,3-34H2,1-2H3/t35-,36-,37-,38-,41-/m1/s1. The second-order valence-corrected chi connectivity index (χ2v) is 14.7. The predicted octanol–water partition coefficient (Wildman–Crippen LogP) is 9.25. The van der Waals surface area contributed by atoms with Gasteiger partial charge in [0.25, 0.3) is 0 Å². The minimum absolute atomic E-state index is 0.00646. The average molecular weight is 715 g/mol. The fourth-order valence-electron chi connectivity index (χ4n) is 6.57. The Morgan fingerprint density at radius 3 is 1.40 bits per heavy atom. The molecule has 0 spiro atoms. The summed E-state index contributed by atoms with van der Waals surface area (Å²) in [5, 5.41) is 29.8. The summed E-state index contributed by atoms with van der Waals surface area (Å²) in [5.74, 6) is -0.703. The van der Waals surface area contributed by atoms with Crippen molar-refractivity contribution >= 4 is 11.9 Å². The fourth-order valence-corrected chi connectivity index (χ4v) is 6.57. The Balaban J connectivity index is 2.29. The maximum Gasteiger partial charge on any atom is 0.306 e. The average Bonchev–Trinajstić information content (AvgIpc) is 3.10. The number of carbonyl (C=O) groups is 2. The zero-order valence-electron chi connectivity index (χ0n) is 32.3. The summed E-state index contributed by atoms with van der Waals surface area (Å²) < 4.78 is 22.3. The molecule has 9 heteroatoms. The first-order chi connectivity index (χ1) is 24.4. The van der Waals surface area contributed by atoms with Crippen LogP contribution in [-0.2, 0) is 28.5 Å². The van der Waals surface area contributed by atoms with E-state index >= 15 is 0 Å². The van der Waals surface area contributed by atoms with E-state index in [0.29, 0.717) is 6.42 Å². The van der Waals surface area contributed by atoms with Gasteiger partial charge < -0.3 is 34.3 Å². The summed E-state index contributed by atoms with van der Waals surface area (Å²) >= 11 is 0. The van der Waals surface area contributed by atoms with E-state index in [4.69, 9.17) is 18.9 Å². The highest BCUT2D eigenvalue weighted by atomic mass is 16.7. The van der Waals surface area contributed by atoms with Crippen LogP contribution >= 0.6 is 0 Å². The smallest absolute Gasteiger partial charge is 0.306 e. The summed E-state index contributed by atoms with van der Waals surface area (Å²) in [4.78, 5) is 25.2. The van der Waals surface area contributed by atoms with Crippen LogP contribution in [0.4, 0.5) is 0 Å². The van der Waals surface area contributed by atoms with Crippen LogP contribution < -0.4 is 0 Å². The summed E-state index contributed by atoms with van der Waals surface area (Å²) in [6, 6.07) is 0. The normalized spacial score (nSPS) is 19.8. The second-order valence-electron chi connectivity index (χ2n) is 14.7. The molecule has 0 aromatic carbocycles. The van der Waals surface area contributed by atoms with E-state index in [1.165, 1.54) is 128 Å². The molecule has 0 bridgehead atoms. The molecule has 0 unspecified atom stereocenters. The number of aliphatic hydroxyl groups excluding tert-OH is 3. The van der Waals surface area contributed by atoms with Crippen molar-refractivity contribution in [3.63, 3.8) is 0 Å². The number of unbranched alkanes of at least 4 members (excludes halogenated alkanes) is 24. The number of aliphatic hydroxyl groups is 3.